The zero-order valence-electron chi connectivity index (χ0n) is 19.5. The summed E-state index contributed by atoms with van der Waals surface area (Å²) in [5, 5.41) is 2.91. The molecule has 3 rings (SSSR count). The first-order valence-corrected chi connectivity index (χ1v) is 11.4. The van der Waals surface area contributed by atoms with Gasteiger partial charge in [-0.15, -0.1) is 0 Å². The topological polar surface area (TPSA) is 91.8 Å². The van der Waals surface area contributed by atoms with Gasteiger partial charge in [0.15, 0.2) is 0 Å². The summed E-state index contributed by atoms with van der Waals surface area (Å²) in [7, 11) is 0. The summed E-state index contributed by atoms with van der Waals surface area (Å²) >= 11 is 0. The number of carbonyl (C=O) groups excluding carboxylic acids is 3. The van der Waals surface area contributed by atoms with Crippen LogP contribution < -0.4 is 10.2 Å². The van der Waals surface area contributed by atoms with Gasteiger partial charge in [0.2, 0.25) is 11.8 Å². The van der Waals surface area contributed by atoms with Gasteiger partial charge in [0.05, 0.1) is 24.6 Å². The molecule has 2 heterocycles. The third kappa shape index (κ3) is 6.78. The fourth-order valence-electron chi connectivity index (χ4n) is 3.90. The van der Waals surface area contributed by atoms with Crippen LogP contribution in [-0.2, 0) is 14.3 Å². The largest absolute Gasteiger partial charge is 0.462 e. The van der Waals surface area contributed by atoms with Gasteiger partial charge < -0.3 is 19.9 Å². The fourth-order valence-corrected chi connectivity index (χ4v) is 3.90. The summed E-state index contributed by atoms with van der Waals surface area (Å²) in [5.74, 6) is 0.245. The van der Waals surface area contributed by atoms with E-state index >= 15 is 0 Å². The molecule has 8 heteroatoms. The van der Waals surface area contributed by atoms with Gasteiger partial charge in [-0.05, 0) is 38.0 Å². The van der Waals surface area contributed by atoms with E-state index < -0.39 is 0 Å². The Morgan fingerprint density at radius 3 is 2.45 bits per heavy atom. The first-order chi connectivity index (χ1) is 15.9. The van der Waals surface area contributed by atoms with Gasteiger partial charge in [0.1, 0.15) is 5.82 Å². The van der Waals surface area contributed by atoms with Crippen molar-refractivity contribution in [3.8, 4) is 0 Å². The third-order valence-corrected chi connectivity index (χ3v) is 5.67. The maximum absolute atomic E-state index is 13.1. The monoisotopic (exact) mass is 452 g/mol. The van der Waals surface area contributed by atoms with Crippen molar-refractivity contribution in [2.75, 3.05) is 37.7 Å². The van der Waals surface area contributed by atoms with Gasteiger partial charge in [-0.25, -0.2) is 9.78 Å². The van der Waals surface area contributed by atoms with E-state index in [1.807, 2.05) is 42.2 Å². The smallest absolute Gasteiger partial charge is 0.339 e. The van der Waals surface area contributed by atoms with E-state index in [9.17, 15) is 14.4 Å². The predicted octanol–water partition coefficient (Wildman–Crippen LogP) is 2.87. The van der Waals surface area contributed by atoms with Gasteiger partial charge in [0.25, 0.3) is 0 Å². The summed E-state index contributed by atoms with van der Waals surface area (Å²) in [4.78, 5) is 45.1. The van der Waals surface area contributed by atoms with Crippen LogP contribution in [-0.4, -0.2) is 60.5 Å². The molecule has 2 aromatic rings. The minimum absolute atomic E-state index is 0.0155. The molecular formula is C25H32N4O4. The van der Waals surface area contributed by atoms with Crippen molar-refractivity contribution in [3.63, 3.8) is 0 Å². The fraction of sp³-hybridized carbons (Fsp3) is 0.440. The van der Waals surface area contributed by atoms with E-state index in [0.717, 1.165) is 29.9 Å². The number of nitrogens with zero attached hydrogens (tertiary/aromatic N) is 3. The number of hydrogen-bond donors (Lipinski definition) is 1. The number of nitrogens with one attached hydrogen (secondary N) is 1. The first-order valence-electron chi connectivity index (χ1n) is 11.4. The summed E-state index contributed by atoms with van der Waals surface area (Å²) in [6, 6.07) is 11.1. The molecule has 1 unspecified atom stereocenters. The molecule has 0 aliphatic carbocycles. The number of rotatable bonds is 7. The SMILES string of the molecule is CCOC(=O)c1ccc(N2CCCN(C(=O)CC(NC(C)=O)c3ccc(C)cc3)CC2)nc1. The van der Waals surface area contributed by atoms with E-state index in [-0.39, 0.29) is 30.2 Å². The van der Waals surface area contributed by atoms with Gasteiger partial charge in [0, 0.05) is 39.3 Å². The average Bonchev–Trinajstić information content (AvgIpc) is 3.05. The third-order valence-electron chi connectivity index (χ3n) is 5.67. The minimum Gasteiger partial charge on any atom is -0.462 e. The lowest BCUT2D eigenvalue weighted by Gasteiger charge is -2.25. The van der Waals surface area contributed by atoms with Crippen LogP contribution in [0.25, 0.3) is 0 Å². The maximum atomic E-state index is 13.1. The number of esters is 1. The Labute approximate surface area is 194 Å². The highest BCUT2D eigenvalue weighted by atomic mass is 16.5. The van der Waals surface area contributed by atoms with E-state index in [1.165, 1.54) is 13.1 Å². The predicted molar refractivity (Wildman–Crippen MR) is 126 cm³/mol. The van der Waals surface area contributed by atoms with Crippen LogP contribution in [0.3, 0.4) is 0 Å². The Morgan fingerprint density at radius 1 is 1.06 bits per heavy atom. The Kier molecular flexibility index (Phi) is 8.40. The summed E-state index contributed by atoms with van der Waals surface area (Å²) in [5.41, 5.74) is 2.47. The second-order valence-corrected chi connectivity index (χ2v) is 8.21. The van der Waals surface area contributed by atoms with Gasteiger partial charge in [-0.3, -0.25) is 9.59 Å². The lowest BCUT2D eigenvalue weighted by atomic mass is 10.0. The number of carbonyl (C=O) groups is 3. The molecule has 1 fully saturated rings. The summed E-state index contributed by atoms with van der Waals surface area (Å²) in [6.45, 7) is 8.19. The van der Waals surface area contributed by atoms with Crippen LogP contribution in [0.5, 0.6) is 0 Å². The molecule has 1 saturated heterocycles. The Bertz CT molecular complexity index is 959. The van der Waals surface area contributed by atoms with Crippen LogP contribution in [0.4, 0.5) is 5.82 Å². The number of amides is 2. The van der Waals surface area contributed by atoms with Gasteiger partial charge >= 0.3 is 5.97 Å². The molecule has 1 aromatic heterocycles. The minimum atomic E-state index is -0.383. The molecular weight excluding hydrogens is 420 g/mol. The highest BCUT2D eigenvalue weighted by molar-refractivity contribution is 5.89. The van der Waals surface area contributed by atoms with Crippen LogP contribution in [0.15, 0.2) is 42.6 Å². The number of anilines is 1. The molecule has 0 spiro atoms. The zero-order valence-corrected chi connectivity index (χ0v) is 19.5. The highest BCUT2D eigenvalue weighted by Gasteiger charge is 2.24. The van der Waals surface area contributed by atoms with E-state index in [2.05, 4.69) is 15.2 Å². The Morgan fingerprint density at radius 2 is 1.82 bits per heavy atom. The Balaban J connectivity index is 1.62. The van der Waals surface area contributed by atoms with Gasteiger partial charge in [-0.2, -0.15) is 0 Å². The molecule has 2 amide bonds. The number of ether oxygens (including phenoxy) is 1. The van der Waals surface area contributed by atoms with Crippen molar-refractivity contribution in [1.82, 2.24) is 15.2 Å². The second-order valence-electron chi connectivity index (χ2n) is 8.21. The average molecular weight is 453 g/mol. The van der Waals surface area contributed by atoms with E-state index in [4.69, 9.17) is 4.74 Å². The second kappa shape index (κ2) is 11.4. The number of hydrogen-bond acceptors (Lipinski definition) is 6. The van der Waals surface area contributed by atoms with E-state index in [0.29, 0.717) is 31.8 Å². The molecule has 176 valence electrons. The maximum Gasteiger partial charge on any atom is 0.339 e. The van der Waals surface area contributed by atoms with Crippen molar-refractivity contribution in [2.24, 2.45) is 0 Å². The van der Waals surface area contributed by atoms with Crippen molar-refractivity contribution in [2.45, 2.75) is 39.7 Å². The molecule has 1 N–H and O–H groups in total. The molecule has 1 atom stereocenters. The van der Waals surface area contributed by atoms with Crippen molar-refractivity contribution in [1.29, 1.82) is 0 Å². The highest BCUT2D eigenvalue weighted by Crippen LogP contribution is 2.20. The van der Waals surface area contributed by atoms with Crippen LogP contribution in [0.2, 0.25) is 0 Å². The van der Waals surface area contributed by atoms with E-state index in [1.54, 1.807) is 13.0 Å². The number of pyridine rings is 1. The quantitative estimate of drug-likeness (QED) is 0.650. The van der Waals surface area contributed by atoms with Crippen molar-refractivity contribution in [3.05, 3.63) is 59.3 Å². The van der Waals surface area contributed by atoms with Crippen LogP contribution >= 0.6 is 0 Å². The number of aryl methyl sites for hydroxylation is 1. The standard InChI is InChI=1S/C25H32N4O4/c1-4-33-25(32)21-10-11-23(26-17-21)28-12-5-13-29(15-14-28)24(31)16-22(27-19(3)30)20-8-6-18(2)7-9-20/h6-11,17,22H,4-5,12-16H2,1-3H3,(H,27,30). The molecule has 0 saturated carbocycles. The molecule has 0 bridgehead atoms. The molecule has 0 radical (unpaired) electrons. The normalized spacial score (nSPS) is 14.9. The van der Waals surface area contributed by atoms with Crippen molar-refractivity contribution >= 4 is 23.6 Å². The molecule has 33 heavy (non-hydrogen) atoms. The molecule has 1 aromatic carbocycles. The Hall–Kier alpha value is -3.42. The van der Waals surface area contributed by atoms with Crippen LogP contribution in [0, 0.1) is 6.92 Å². The zero-order chi connectivity index (χ0) is 23.8. The molecule has 1 aliphatic rings. The summed E-state index contributed by atoms with van der Waals surface area (Å²) in [6.07, 6.45) is 2.55. The first kappa shape index (κ1) is 24.2. The van der Waals surface area contributed by atoms with Gasteiger partial charge in [-0.1, -0.05) is 29.8 Å². The lowest BCUT2D eigenvalue weighted by molar-refractivity contribution is -0.131. The summed E-state index contributed by atoms with van der Waals surface area (Å²) < 4.78 is 5.00. The van der Waals surface area contributed by atoms with Crippen LogP contribution in [0.1, 0.15) is 54.2 Å². The lowest BCUT2D eigenvalue weighted by Crippen LogP contribution is -2.38. The molecule has 8 nitrogen and oxygen atoms in total. The molecule has 1 aliphatic heterocycles. The van der Waals surface area contributed by atoms with Crippen molar-refractivity contribution < 1.29 is 19.1 Å². The number of benzene rings is 1. The number of aromatic nitrogens is 1.